The standard InChI is InChI=1S/C30H27F2N3O5/c1-39-23-8-5-9-24(40-2)27(23)35-25(16-18-10-12-20(31)13-11-18)33-28(36)26(30(35)38)29(37)34-15-14-19(17-34)21-6-3-4-7-22(21)32/h3-13,19,36H,14-17H2,1-2H3. The van der Waals surface area contributed by atoms with Gasteiger partial charge in [-0.1, -0.05) is 36.4 Å². The van der Waals surface area contributed by atoms with Crippen LogP contribution in [0.1, 0.15) is 39.6 Å². The molecule has 0 bridgehead atoms. The van der Waals surface area contributed by atoms with Crippen LogP contribution in [0.4, 0.5) is 8.78 Å². The van der Waals surface area contributed by atoms with Gasteiger partial charge in [-0.05, 0) is 47.9 Å². The Morgan fingerprint density at radius 2 is 1.68 bits per heavy atom. The molecule has 0 aliphatic carbocycles. The Balaban J connectivity index is 1.62. The van der Waals surface area contributed by atoms with Gasteiger partial charge in [0, 0.05) is 25.4 Å². The normalized spacial score (nSPS) is 14.8. The quantitative estimate of drug-likeness (QED) is 0.368. The molecule has 1 saturated heterocycles. The third kappa shape index (κ3) is 5.00. The number of nitrogens with zero attached hydrogens (tertiary/aromatic N) is 3. The van der Waals surface area contributed by atoms with Crippen LogP contribution >= 0.6 is 0 Å². The van der Waals surface area contributed by atoms with Crippen LogP contribution < -0.4 is 15.0 Å². The minimum absolute atomic E-state index is 0.0256. The minimum Gasteiger partial charge on any atom is -0.494 e. The molecule has 1 aliphatic rings. The molecular weight excluding hydrogens is 520 g/mol. The first-order valence-electron chi connectivity index (χ1n) is 12.7. The Bertz CT molecular complexity index is 1600. The van der Waals surface area contributed by atoms with Crippen molar-refractivity contribution in [1.82, 2.24) is 14.5 Å². The van der Waals surface area contributed by atoms with E-state index in [0.717, 1.165) is 0 Å². The Hall–Kier alpha value is -4.73. The molecule has 4 aromatic rings. The van der Waals surface area contributed by atoms with Crippen molar-refractivity contribution in [2.24, 2.45) is 0 Å². The molecule has 40 heavy (non-hydrogen) atoms. The number of amides is 1. The number of rotatable bonds is 7. The molecule has 206 valence electrons. The van der Waals surface area contributed by atoms with Crippen LogP contribution in [0.2, 0.25) is 0 Å². The number of para-hydroxylation sites is 1. The van der Waals surface area contributed by atoms with Crippen LogP contribution in [0.5, 0.6) is 17.4 Å². The summed E-state index contributed by atoms with van der Waals surface area (Å²) in [5.41, 5.74) is -0.0498. The number of hydrogen-bond donors (Lipinski definition) is 1. The molecule has 10 heteroatoms. The summed E-state index contributed by atoms with van der Waals surface area (Å²) in [6, 6.07) is 16.9. The average Bonchev–Trinajstić information content (AvgIpc) is 3.44. The lowest BCUT2D eigenvalue weighted by Crippen LogP contribution is -2.37. The number of ether oxygens (including phenoxy) is 2. The van der Waals surface area contributed by atoms with Gasteiger partial charge < -0.3 is 19.5 Å². The van der Waals surface area contributed by atoms with E-state index in [1.807, 2.05) is 0 Å². The molecule has 1 unspecified atom stereocenters. The fourth-order valence-electron chi connectivity index (χ4n) is 5.09. The van der Waals surface area contributed by atoms with Crippen molar-refractivity contribution in [3.63, 3.8) is 0 Å². The second-order valence-electron chi connectivity index (χ2n) is 9.44. The Morgan fingerprint density at radius 1 is 1.00 bits per heavy atom. The molecule has 8 nitrogen and oxygen atoms in total. The second kappa shape index (κ2) is 11.2. The third-order valence-electron chi connectivity index (χ3n) is 7.07. The van der Waals surface area contributed by atoms with Crippen molar-refractivity contribution in [3.05, 3.63) is 111 Å². The molecule has 0 saturated carbocycles. The number of aromatic nitrogens is 2. The molecule has 3 aromatic carbocycles. The highest BCUT2D eigenvalue weighted by Gasteiger charge is 2.34. The molecule has 2 heterocycles. The summed E-state index contributed by atoms with van der Waals surface area (Å²) < 4.78 is 40.1. The second-order valence-corrected chi connectivity index (χ2v) is 9.44. The first kappa shape index (κ1) is 26.9. The topological polar surface area (TPSA) is 93.9 Å². The zero-order valence-electron chi connectivity index (χ0n) is 21.9. The molecule has 1 atom stereocenters. The van der Waals surface area contributed by atoms with E-state index in [-0.39, 0.29) is 54.3 Å². The van der Waals surface area contributed by atoms with Crippen LogP contribution in [0.15, 0.2) is 71.5 Å². The Morgan fingerprint density at radius 3 is 2.33 bits per heavy atom. The number of halogens is 2. The fraction of sp³-hybridized carbons (Fsp3) is 0.233. The van der Waals surface area contributed by atoms with Gasteiger partial charge in [-0.15, -0.1) is 0 Å². The summed E-state index contributed by atoms with van der Waals surface area (Å²) in [5.74, 6) is -1.86. The maximum absolute atomic E-state index is 14.4. The van der Waals surface area contributed by atoms with Gasteiger partial charge >= 0.3 is 0 Å². The lowest BCUT2D eigenvalue weighted by atomic mass is 9.98. The van der Waals surface area contributed by atoms with Crippen LogP contribution in [0, 0.1) is 11.6 Å². The van der Waals surface area contributed by atoms with E-state index >= 15 is 0 Å². The number of carbonyl (C=O) groups is 1. The van der Waals surface area contributed by atoms with Crippen molar-refractivity contribution in [2.75, 3.05) is 27.3 Å². The number of carbonyl (C=O) groups excluding carboxylic acids is 1. The van der Waals surface area contributed by atoms with Gasteiger partial charge in [0.1, 0.15) is 34.6 Å². The largest absolute Gasteiger partial charge is 0.494 e. The molecule has 1 N–H and O–H groups in total. The van der Waals surface area contributed by atoms with Crippen LogP contribution in [-0.4, -0.2) is 52.8 Å². The maximum Gasteiger partial charge on any atom is 0.275 e. The number of hydrogen-bond acceptors (Lipinski definition) is 6. The number of benzene rings is 3. The summed E-state index contributed by atoms with van der Waals surface area (Å²) in [6.07, 6.45) is 0.524. The zero-order chi connectivity index (χ0) is 28.4. The zero-order valence-corrected chi connectivity index (χ0v) is 21.9. The van der Waals surface area contributed by atoms with E-state index in [2.05, 4.69) is 4.98 Å². The van der Waals surface area contributed by atoms with Gasteiger partial charge in [0.2, 0.25) is 5.88 Å². The predicted molar refractivity (Wildman–Crippen MR) is 143 cm³/mol. The summed E-state index contributed by atoms with van der Waals surface area (Å²) in [6.45, 7) is 0.444. The molecular formula is C30H27F2N3O5. The summed E-state index contributed by atoms with van der Waals surface area (Å²) >= 11 is 0. The lowest BCUT2D eigenvalue weighted by Gasteiger charge is -2.21. The van der Waals surface area contributed by atoms with E-state index in [4.69, 9.17) is 9.47 Å². The van der Waals surface area contributed by atoms with Crippen molar-refractivity contribution in [2.45, 2.75) is 18.8 Å². The Labute approximate surface area is 229 Å². The minimum atomic E-state index is -0.827. The van der Waals surface area contributed by atoms with Gasteiger partial charge in [0.05, 0.1) is 14.2 Å². The van der Waals surface area contributed by atoms with Crippen LogP contribution in [-0.2, 0) is 6.42 Å². The fourth-order valence-corrected chi connectivity index (χ4v) is 5.09. The lowest BCUT2D eigenvalue weighted by molar-refractivity contribution is 0.0784. The van der Waals surface area contributed by atoms with Gasteiger partial charge in [-0.3, -0.25) is 14.2 Å². The van der Waals surface area contributed by atoms with E-state index in [1.54, 1.807) is 36.4 Å². The summed E-state index contributed by atoms with van der Waals surface area (Å²) in [5, 5.41) is 10.9. The highest BCUT2D eigenvalue weighted by molar-refractivity contribution is 5.96. The third-order valence-corrected chi connectivity index (χ3v) is 7.07. The SMILES string of the molecule is COc1cccc(OC)c1-n1c(Cc2ccc(F)cc2)nc(O)c(C(=O)N2CCC(c3ccccc3F)C2)c1=O. The molecule has 0 spiro atoms. The molecule has 5 rings (SSSR count). The summed E-state index contributed by atoms with van der Waals surface area (Å²) in [7, 11) is 2.85. The predicted octanol–water partition coefficient (Wildman–Crippen LogP) is 4.45. The van der Waals surface area contributed by atoms with Crippen molar-refractivity contribution < 1.29 is 28.2 Å². The van der Waals surface area contributed by atoms with E-state index < -0.39 is 28.7 Å². The van der Waals surface area contributed by atoms with Gasteiger partial charge in [-0.25, -0.2) is 8.78 Å². The van der Waals surface area contributed by atoms with Crippen LogP contribution in [0.3, 0.4) is 0 Å². The number of aromatic hydroxyl groups is 1. The average molecular weight is 548 g/mol. The smallest absolute Gasteiger partial charge is 0.275 e. The first-order chi connectivity index (χ1) is 19.3. The van der Waals surface area contributed by atoms with Crippen molar-refractivity contribution in [1.29, 1.82) is 0 Å². The van der Waals surface area contributed by atoms with Gasteiger partial charge in [0.25, 0.3) is 11.5 Å². The van der Waals surface area contributed by atoms with E-state index in [1.165, 1.54) is 54.0 Å². The molecule has 1 fully saturated rings. The first-order valence-corrected chi connectivity index (χ1v) is 12.7. The molecule has 1 aliphatic heterocycles. The highest BCUT2D eigenvalue weighted by atomic mass is 19.1. The number of methoxy groups -OCH3 is 2. The van der Waals surface area contributed by atoms with E-state index in [0.29, 0.717) is 17.5 Å². The Kier molecular flexibility index (Phi) is 7.50. The highest BCUT2D eigenvalue weighted by Crippen LogP contribution is 2.34. The van der Waals surface area contributed by atoms with Gasteiger partial charge in [0.15, 0.2) is 5.56 Å². The van der Waals surface area contributed by atoms with Crippen LogP contribution in [0.25, 0.3) is 5.69 Å². The summed E-state index contributed by atoms with van der Waals surface area (Å²) in [4.78, 5) is 33.4. The van der Waals surface area contributed by atoms with Crippen molar-refractivity contribution in [3.8, 4) is 23.1 Å². The van der Waals surface area contributed by atoms with E-state index in [9.17, 15) is 23.5 Å². The van der Waals surface area contributed by atoms with Crippen molar-refractivity contribution >= 4 is 5.91 Å². The number of likely N-dealkylation sites (tertiary alicyclic amines) is 1. The maximum atomic E-state index is 14.4. The van der Waals surface area contributed by atoms with Gasteiger partial charge in [-0.2, -0.15) is 4.98 Å². The molecule has 0 radical (unpaired) electrons. The molecule has 1 aromatic heterocycles. The molecule has 1 amide bonds. The monoisotopic (exact) mass is 547 g/mol.